The molecule has 39 heavy (non-hydrogen) atoms. The van der Waals surface area contributed by atoms with E-state index in [0.717, 1.165) is 32.5 Å². The van der Waals surface area contributed by atoms with Crippen LogP contribution in [0.3, 0.4) is 0 Å². The number of hydrogen-bond acceptors (Lipinski definition) is 4. The highest BCUT2D eigenvalue weighted by Crippen LogP contribution is 2.26. The average molecular weight is 608 g/mol. The van der Waals surface area contributed by atoms with Crippen molar-refractivity contribution in [3.63, 3.8) is 0 Å². The van der Waals surface area contributed by atoms with Gasteiger partial charge in [0.1, 0.15) is 6.54 Å². The molecule has 9 heteroatoms. The quantitative estimate of drug-likeness (QED) is 0.193. The molecule has 7 nitrogen and oxygen atoms in total. The lowest BCUT2D eigenvalue weighted by Crippen LogP contribution is -2.39. The standard InChI is InChI=1S/C30H31BrN4O3S/c1-20-9-13-29(14-10-20)39(37,38)34(27-8-6-7-26(31)17-27)19-30(36)33-32-18-25-16-23(4)35(24(25)5)28-12-11-21(2)22(3)15-28/h6-18H,19H2,1-5H3,(H,33,36)/b32-18-. The van der Waals surface area contributed by atoms with E-state index in [1.54, 1.807) is 42.6 Å². The van der Waals surface area contributed by atoms with Crippen molar-refractivity contribution >= 4 is 43.8 Å². The van der Waals surface area contributed by atoms with Crippen LogP contribution in [0.4, 0.5) is 5.69 Å². The SMILES string of the molecule is Cc1ccc(S(=O)(=O)N(CC(=O)N/N=C\c2cc(C)n(-c3ccc(C)c(C)c3)c2C)c2cccc(Br)c2)cc1. The van der Waals surface area contributed by atoms with Crippen LogP contribution < -0.4 is 9.73 Å². The molecule has 202 valence electrons. The monoisotopic (exact) mass is 606 g/mol. The minimum absolute atomic E-state index is 0.100. The van der Waals surface area contributed by atoms with E-state index in [4.69, 9.17) is 0 Å². The summed E-state index contributed by atoms with van der Waals surface area (Å²) < 4.78 is 31.0. The van der Waals surface area contributed by atoms with E-state index in [1.807, 2.05) is 26.8 Å². The van der Waals surface area contributed by atoms with E-state index in [1.165, 1.54) is 23.3 Å². The third-order valence-corrected chi connectivity index (χ3v) is 8.89. The van der Waals surface area contributed by atoms with E-state index >= 15 is 0 Å². The van der Waals surface area contributed by atoms with Gasteiger partial charge in [0, 0.05) is 27.1 Å². The molecule has 1 aromatic heterocycles. The normalized spacial score (nSPS) is 11.6. The number of carbonyl (C=O) groups is 1. The van der Waals surface area contributed by atoms with Crippen molar-refractivity contribution in [1.29, 1.82) is 0 Å². The minimum Gasteiger partial charge on any atom is -0.318 e. The number of rotatable bonds is 8. The summed E-state index contributed by atoms with van der Waals surface area (Å²) in [5.41, 5.74) is 10.1. The Balaban J connectivity index is 1.56. The lowest BCUT2D eigenvalue weighted by atomic mass is 10.1. The number of anilines is 1. The first kappa shape index (κ1) is 28.3. The van der Waals surface area contributed by atoms with Gasteiger partial charge in [-0.2, -0.15) is 5.10 Å². The Morgan fingerprint density at radius 3 is 2.33 bits per heavy atom. The Hall–Kier alpha value is -3.69. The maximum Gasteiger partial charge on any atom is 0.264 e. The molecule has 0 radical (unpaired) electrons. The first-order valence-electron chi connectivity index (χ1n) is 12.4. The number of aryl methyl sites for hydroxylation is 4. The zero-order valence-electron chi connectivity index (χ0n) is 22.6. The number of carbonyl (C=O) groups excluding carboxylic acids is 1. The molecule has 0 fully saturated rings. The minimum atomic E-state index is -4.01. The number of benzene rings is 3. The number of nitrogens with zero attached hydrogens (tertiary/aromatic N) is 3. The number of hydrogen-bond donors (Lipinski definition) is 1. The van der Waals surface area contributed by atoms with Crippen LogP contribution in [0.15, 0.2) is 87.3 Å². The van der Waals surface area contributed by atoms with Crippen LogP contribution in [0.1, 0.15) is 33.6 Å². The molecule has 1 amide bonds. The maximum atomic E-state index is 13.5. The van der Waals surface area contributed by atoms with Gasteiger partial charge in [-0.15, -0.1) is 0 Å². The molecule has 0 atom stereocenters. The van der Waals surface area contributed by atoms with Gasteiger partial charge in [0.25, 0.3) is 15.9 Å². The van der Waals surface area contributed by atoms with Crippen LogP contribution in [0, 0.1) is 34.6 Å². The smallest absolute Gasteiger partial charge is 0.264 e. The maximum absolute atomic E-state index is 13.5. The van der Waals surface area contributed by atoms with E-state index in [-0.39, 0.29) is 4.90 Å². The van der Waals surface area contributed by atoms with Crippen molar-refractivity contribution < 1.29 is 13.2 Å². The predicted octanol–water partition coefficient (Wildman–Crippen LogP) is 6.13. The molecule has 0 saturated heterocycles. The van der Waals surface area contributed by atoms with Gasteiger partial charge in [-0.25, -0.2) is 13.8 Å². The van der Waals surface area contributed by atoms with Crippen LogP contribution in [0.2, 0.25) is 0 Å². The average Bonchev–Trinajstić information content (AvgIpc) is 3.17. The summed E-state index contributed by atoms with van der Waals surface area (Å²) >= 11 is 3.39. The van der Waals surface area contributed by atoms with Crippen LogP contribution in [-0.4, -0.2) is 31.7 Å². The fourth-order valence-corrected chi connectivity index (χ4v) is 6.10. The number of hydrazone groups is 1. The Morgan fingerprint density at radius 1 is 0.949 bits per heavy atom. The van der Waals surface area contributed by atoms with Crippen molar-refractivity contribution in [1.82, 2.24) is 9.99 Å². The number of halogens is 1. The fourth-order valence-electron chi connectivity index (χ4n) is 4.30. The second-order valence-corrected chi connectivity index (χ2v) is 12.3. The van der Waals surface area contributed by atoms with Crippen molar-refractivity contribution in [3.8, 4) is 5.69 Å². The van der Waals surface area contributed by atoms with Crippen LogP contribution in [0.5, 0.6) is 0 Å². The highest BCUT2D eigenvalue weighted by Gasteiger charge is 2.27. The van der Waals surface area contributed by atoms with Gasteiger partial charge in [0.05, 0.1) is 16.8 Å². The van der Waals surface area contributed by atoms with E-state index in [9.17, 15) is 13.2 Å². The molecule has 3 aromatic carbocycles. The first-order valence-corrected chi connectivity index (χ1v) is 14.6. The van der Waals surface area contributed by atoms with Crippen LogP contribution in [0.25, 0.3) is 5.69 Å². The Bertz CT molecular complexity index is 1660. The van der Waals surface area contributed by atoms with Crippen LogP contribution >= 0.6 is 15.9 Å². The highest BCUT2D eigenvalue weighted by atomic mass is 79.9. The van der Waals surface area contributed by atoms with Gasteiger partial charge >= 0.3 is 0 Å². The van der Waals surface area contributed by atoms with Crippen LogP contribution in [-0.2, 0) is 14.8 Å². The molecule has 0 unspecified atom stereocenters. The Labute approximate surface area is 238 Å². The van der Waals surface area contributed by atoms with Crippen molar-refractivity contribution in [2.24, 2.45) is 5.10 Å². The molecule has 4 aromatic rings. The summed E-state index contributed by atoms with van der Waals surface area (Å²) in [4.78, 5) is 13.0. The zero-order valence-corrected chi connectivity index (χ0v) is 25.0. The molecular formula is C30H31BrN4O3S. The van der Waals surface area contributed by atoms with Crippen molar-refractivity contribution in [3.05, 3.63) is 111 Å². The van der Waals surface area contributed by atoms with Gasteiger partial charge in [0.2, 0.25) is 0 Å². The summed E-state index contributed by atoms with van der Waals surface area (Å²) in [6, 6.07) is 21.7. The third kappa shape index (κ3) is 6.32. The fraction of sp³-hybridized carbons (Fsp3) is 0.200. The molecule has 0 aliphatic rings. The summed E-state index contributed by atoms with van der Waals surface area (Å²) in [5, 5.41) is 4.14. The van der Waals surface area contributed by atoms with E-state index in [2.05, 4.69) is 63.1 Å². The molecule has 0 bridgehead atoms. The van der Waals surface area contributed by atoms with Gasteiger partial charge < -0.3 is 4.57 Å². The molecule has 0 aliphatic heterocycles. The molecule has 0 saturated carbocycles. The summed E-state index contributed by atoms with van der Waals surface area (Å²) in [6.07, 6.45) is 1.58. The lowest BCUT2D eigenvalue weighted by Gasteiger charge is -2.24. The second-order valence-electron chi connectivity index (χ2n) is 9.53. The number of aromatic nitrogens is 1. The molecule has 0 aliphatic carbocycles. The van der Waals surface area contributed by atoms with E-state index in [0.29, 0.717) is 10.2 Å². The Kier molecular flexibility index (Phi) is 8.42. The molecule has 4 rings (SSSR count). The predicted molar refractivity (Wildman–Crippen MR) is 160 cm³/mol. The second kappa shape index (κ2) is 11.6. The number of amides is 1. The molecule has 1 heterocycles. The summed E-state index contributed by atoms with van der Waals surface area (Å²) in [5.74, 6) is -0.565. The Morgan fingerprint density at radius 2 is 1.67 bits per heavy atom. The largest absolute Gasteiger partial charge is 0.318 e. The zero-order chi connectivity index (χ0) is 28.3. The summed E-state index contributed by atoms with van der Waals surface area (Å²) in [6.45, 7) is 9.62. The lowest BCUT2D eigenvalue weighted by molar-refractivity contribution is -0.119. The van der Waals surface area contributed by atoms with Crippen molar-refractivity contribution in [2.45, 2.75) is 39.5 Å². The van der Waals surface area contributed by atoms with Crippen molar-refractivity contribution in [2.75, 3.05) is 10.8 Å². The highest BCUT2D eigenvalue weighted by molar-refractivity contribution is 9.10. The first-order chi connectivity index (χ1) is 18.5. The van der Waals surface area contributed by atoms with Gasteiger partial charge in [-0.1, -0.05) is 45.8 Å². The van der Waals surface area contributed by atoms with Gasteiger partial charge in [-0.3, -0.25) is 9.10 Å². The molecular weight excluding hydrogens is 576 g/mol. The molecule has 1 N–H and O–H groups in total. The van der Waals surface area contributed by atoms with E-state index < -0.39 is 22.5 Å². The molecule has 0 spiro atoms. The number of sulfonamides is 1. The van der Waals surface area contributed by atoms with Gasteiger partial charge in [-0.05, 0) is 94.3 Å². The number of nitrogens with one attached hydrogen (secondary N) is 1. The summed E-state index contributed by atoms with van der Waals surface area (Å²) in [7, 11) is -4.01. The van der Waals surface area contributed by atoms with Gasteiger partial charge in [0.15, 0.2) is 0 Å². The topological polar surface area (TPSA) is 83.8 Å². The third-order valence-electron chi connectivity index (χ3n) is 6.60.